The Hall–Kier alpha value is -4.07. The van der Waals surface area contributed by atoms with E-state index in [0.717, 1.165) is 28.1 Å². The SMILES string of the molecule is c1ccc(COC[C@@H]2[C@H](OCc3ccccc3)[C@H](OCc3ccccc3)[C@H](OCc3ccccc3)c3nccn32)cc1. The molecule has 4 aromatic carbocycles. The van der Waals surface area contributed by atoms with Crippen LogP contribution in [0, 0.1) is 0 Å². The Labute approximate surface area is 247 Å². The molecule has 0 spiro atoms. The molecule has 0 fully saturated rings. The van der Waals surface area contributed by atoms with Crippen molar-refractivity contribution < 1.29 is 18.9 Å². The smallest absolute Gasteiger partial charge is 0.144 e. The monoisotopic (exact) mass is 560 g/mol. The van der Waals surface area contributed by atoms with E-state index in [0.29, 0.717) is 33.0 Å². The molecule has 0 bridgehead atoms. The summed E-state index contributed by atoms with van der Waals surface area (Å²) in [6, 6.07) is 40.7. The number of hydrogen-bond acceptors (Lipinski definition) is 5. The molecule has 4 atom stereocenters. The summed E-state index contributed by atoms with van der Waals surface area (Å²) in [5.41, 5.74) is 4.41. The van der Waals surface area contributed by atoms with Crippen molar-refractivity contribution in [1.29, 1.82) is 0 Å². The van der Waals surface area contributed by atoms with Crippen LogP contribution in [-0.4, -0.2) is 28.4 Å². The second kappa shape index (κ2) is 14.2. The minimum absolute atomic E-state index is 0.160. The van der Waals surface area contributed by atoms with Crippen LogP contribution in [0.4, 0.5) is 0 Å². The highest BCUT2D eigenvalue weighted by molar-refractivity contribution is 5.18. The largest absolute Gasteiger partial charge is 0.375 e. The molecule has 1 aliphatic rings. The van der Waals surface area contributed by atoms with Crippen molar-refractivity contribution >= 4 is 0 Å². The first-order valence-electron chi connectivity index (χ1n) is 14.5. The topological polar surface area (TPSA) is 54.7 Å². The van der Waals surface area contributed by atoms with Crippen LogP contribution in [0.3, 0.4) is 0 Å². The molecule has 2 heterocycles. The van der Waals surface area contributed by atoms with Gasteiger partial charge in [0, 0.05) is 12.4 Å². The predicted molar refractivity (Wildman–Crippen MR) is 161 cm³/mol. The maximum Gasteiger partial charge on any atom is 0.144 e. The van der Waals surface area contributed by atoms with Gasteiger partial charge in [-0.05, 0) is 22.3 Å². The van der Waals surface area contributed by atoms with Crippen LogP contribution in [0.25, 0.3) is 0 Å². The molecule has 42 heavy (non-hydrogen) atoms. The van der Waals surface area contributed by atoms with Crippen molar-refractivity contribution in [2.24, 2.45) is 0 Å². The number of nitrogens with zero attached hydrogens (tertiary/aromatic N) is 2. The fraction of sp³-hybridized carbons (Fsp3) is 0.250. The lowest BCUT2D eigenvalue weighted by Gasteiger charge is -2.43. The number of hydrogen-bond donors (Lipinski definition) is 0. The molecule has 5 aromatic rings. The molecule has 214 valence electrons. The first kappa shape index (κ1) is 28.1. The second-order valence-electron chi connectivity index (χ2n) is 10.5. The molecular weight excluding hydrogens is 524 g/mol. The van der Waals surface area contributed by atoms with Crippen LogP contribution in [0.5, 0.6) is 0 Å². The van der Waals surface area contributed by atoms with Gasteiger partial charge in [-0.25, -0.2) is 4.98 Å². The molecule has 0 saturated carbocycles. The molecule has 0 radical (unpaired) electrons. The molecule has 1 aromatic heterocycles. The highest BCUT2D eigenvalue weighted by Gasteiger charge is 2.46. The molecule has 0 unspecified atom stereocenters. The van der Waals surface area contributed by atoms with Gasteiger partial charge in [0.25, 0.3) is 0 Å². The van der Waals surface area contributed by atoms with Gasteiger partial charge in [0.05, 0.1) is 39.1 Å². The van der Waals surface area contributed by atoms with Crippen molar-refractivity contribution in [3.63, 3.8) is 0 Å². The molecule has 6 heteroatoms. The lowest BCUT2D eigenvalue weighted by Crippen LogP contribution is -2.50. The van der Waals surface area contributed by atoms with Crippen molar-refractivity contribution in [3.05, 3.63) is 162 Å². The molecular formula is C36H36N2O4. The quantitative estimate of drug-likeness (QED) is 0.154. The summed E-state index contributed by atoms with van der Waals surface area (Å²) in [6.45, 7) is 2.26. The first-order chi connectivity index (χ1) is 20.8. The summed E-state index contributed by atoms with van der Waals surface area (Å²) in [5, 5.41) is 0. The zero-order chi connectivity index (χ0) is 28.4. The third-order valence-electron chi connectivity index (χ3n) is 7.55. The fourth-order valence-corrected chi connectivity index (χ4v) is 5.42. The van der Waals surface area contributed by atoms with Crippen LogP contribution in [-0.2, 0) is 45.4 Å². The molecule has 0 aliphatic carbocycles. The minimum atomic E-state index is -0.435. The Morgan fingerprint density at radius 3 is 1.50 bits per heavy atom. The molecule has 0 amide bonds. The summed E-state index contributed by atoms with van der Waals surface area (Å²) in [5.74, 6) is 0.817. The standard InChI is InChI=1S/C36H36N2O4/c1-5-13-28(14-6-1)23-39-27-32-33(40-24-29-15-7-2-8-16-29)34(41-25-30-17-9-3-10-18-30)35(36-37-21-22-38(32)36)42-26-31-19-11-4-12-20-31/h1-22,32-35H,23-27H2/t32-,33+,34+,35+/m1/s1. The lowest BCUT2D eigenvalue weighted by molar-refractivity contribution is -0.188. The van der Waals surface area contributed by atoms with Gasteiger partial charge in [-0.15, -0.1) is 0 Å². The van der Waals surface area contributed by atoms with Gasteiger partial charge < -0.3 is 23.5 Å². The van der Waals surface area contributed by atoms with Crippen molar-refractivity contribution in [3.8, 4) is 0 Å². The zero-order valence-electron chi connectivity index (χ0n) is 23.6. The van der Waals surface area contributed by atoms with E-state index in [-0.39, 0.29) is 12.1 Å². The van der Waals surface area contributed by atoms with E-state index in [1.807, 2.05) is 85.2 Å². The van der Waals surface area contributed by atoms with Gasteiger partial charge in [0.1, 0.15) is 24.1 Å². The number of imidazole rings is 1. The average molecular weight is 561 g/mol. The van der Waals surface area contributed by atoms with Gasteiger partial charge in [-0.1, -0.05) is 121 Å². The van der Waals surface area contributed by atoms with Gasteiger partial charge >= 0.3 is 0 Å². The third kappa shape index (κ3) is 7.04. The van der Waals surface area contributed by atoms with Crippen LogP contribution in [0.1, 0.15) is 40.2 Å². The Balaban J connectivity index is 1.30. The summed E-state index contributed by atoms with van der Waals surface area (Å²) < 4.78 is 28.6. The second-order valence-corrected chi connectivity index (χ2v) is 10.5. The van der Waals surface area contributed by atoms with Gasteiger partial charge in [0.15, 0.2) is 0 Å². The summed E-state index contributed by atoms with van der Waals surface area (Å²) in [4.78, 5) is 4.77. The molecule has 6 rings (SSSR count). The van der Waals surface area contributed by atoms with Gasteiger partial charge in [-0.3, -0.25) is 0 Å². The van der Waals surface area contributed by atoms with Crippen LogP contribution >= 0.6 is 0 Å². The van der Waals surface area contributed by atoms with Crippen molar-refractivity contribution in [2.45, 2.75) is 50.8 Å². The molecule has 1 aliphatic heterocycles. The lowest BCUT2D eigenvalue weighted by atomic mass is 9.95. The zero-order valence-corrected chi connectivity index (χ0v) is 23.6. The summed E-state index contributed by atoms with van der Waals surface area (Å²) in [7, 11) is 0. The van der Waals surface area contributed by atoms with E-state index in [1.54, 1.807) is 0 Å². The van der Waals surface area contributed by atoms with Gasteiger partial charge in [0.2, 0.25) is 0 Å². The first-order valence-corrected chi connectivity index (χ1v) is 14.5. The number of benzene rings is 4. The van der Waals surface area contributed by atoms with Crippen LogP contribution < -0.4 is 0 Å². The molecule has 0 saturated heterocycles. The number of rotatable bonds is 13. The van der Waals surface area contributed by atoms with Crippen molar-refractivity contribution in [1.82, 2.24) is 9.55 Å². The van der Waals surface area contributed by atoms with Gasteiger partial charge in [-0.2, -0.15) is 0 Å². The normalized spacial score (nSPS) is 19.8. The third-order valence-corrected chi connectivity index (χ3v) is 7.55. The van der Waals surface area contributed by atoms with E-state index >= 15 is 0 Å². The highest BCUT2D eigenvalue weighted by Crippen LogP contribution is 2.39. The number of aromatic nitrogens is 2. The maximum atomic E-state index is 6.76. The van der Waals surface area contributed by atoms with E-state index in [2.05, 4.69) is 53.1 Å². The molecule has 0 N–H and O–H groups in total. The number of fused-ring (bicyclic) bond motifs is 1. The van der Waals surface area contributed by atoms with Crippen LogP contribution in [0.2, 0.25) is 0 Å². The van der Waals surface area contributed by atoms with Crippen molar-refractivity contribution in [2.75, 3.05) is 6.61 Å². The Morgan fingerprint density at radius 1 is 0.524 bits per heavy atom. The van der Waals surface area contributed by atoms with E-state index < -0.39 is 12.2 Å². The summed E-state index contributed by atoms with van der Waals surface area (Å²) >= 11 is 0. The fourth-order valence-electron chi connectivity index (χ4n) is 5.42. The Morgan fingerprint density at radius 2 is 0.976 bits per heavy atom. The van der Waals surface area contributed by atoms with E-state index in [4.69, 9.17) is 23.9 Å². The van der Waals surface area contributed by atoms with Crippen LogP contribution in [0.15, 0.2) is 134 Å². The average Bonchev–Trinajstić information content (AvgIpc) is 3.54. The molecule has 6 nitrogen and oxygen atoms in total. The number of ether oxygens (including phenoxy) is 4. The Kier molecular flexibility index (Phi) is 9.49. The minimum Gasteiger partial charge on any atom is -0.375 e. The van der Waals surface area contributed by atoms with E-state index in [9.17, 15) is 0 Å². The van der Waals surface area contributed by atoms with E-state index in [1.165, 1.54) is 0 Å². The Bertz CT molecular complexity index is 1480. The maximum absolute atomic E-state index is 6.76. The summed E-state index contributed by atoms with van der Waals surface area (Å²) in [6.07, 6.45) is 2.61. The predicted octanol–water partition coefficient (Wildman–Crippen LogP) is 7.08. The highest BCUT2D eigenvalue weighted by atomic mass is 16.6.